The number of thiazole rings is 1. The second kappa shape index (κ2) is 6.66. The van der Waals surface area contributed by atoms with Crippen LogP contribution in [0.5, 0.6) is 0 Å². The lowest BCUT2D eigenvalue weighted by atomic mass is 10.2. The van der Waals surface area contributed by atoms with E-state index in [9.17, 15) is 4.79 Å². The van der Waals surface area contributed by atoms with Gasteiger partial charge in [-0.05, 0) is 27.2 Å². The van der Waals surface area contributed by atoms with E-state index < -0.39 is 5.97 Å². The number of hydrogen-bond acceptors (Lipinski definition) is 4. The zero-order valence-corrected chi connectivity index (χ0v) is 12.1. The number of aromatic nitrogens is 1. The number of carboxylic acid groups (broad SMARTS) is 1. The molecule has 1 aromatic heterocycles. The van der Waals surface area contributed by atoms with Crippen molar-refractivity contribution in [1.29, 1.82) is 0 Å². The SMILES string of the molecule is CCC(=CCNC(C)c1sc(C)nc1C)C(=O)O. The summed E-state index contributed by atoms with van der Waals surface area (Å²) in [6.07, 6.45) is 2.28. The summed E-state index contributed by atoms with van der Waals surface area (Å²) in [5.41, 5.74) is 1.50. The number of nitrogens with one attached hydrogen (secondary N) is 1. The summed E-state index contributed by atoms with van der Waals surface area (Å²) in [4.78, 5) is 16.4. The van der Waals surface area contributed by atoms with E-state index >= 15 is 0 Å². The van der Waals surface area contributed by atoms with Gasteiger partial charge in [0.15, 0.2) is 0 Å². The summed E-state index contributed by atoms with van der Waals surface area (Å²) in [5, 5.41) is 13.3. The molecule has 0 radical (unpaired) electrons. The first-order chi connectivity index (χ1) is 8.45. The fourth-order valence-corrected chi connectivity index (χ4v) is 2.74. The Hall–Kier alpha value is -1.20. The first-order valence-electron chi connectivity index (χ1n) is 6.05. The quantitative estimate of drug-likeness (QED) is 0.779. The maximum Gasteiger partial charge on any atom is 0.331 e. The van der Waals surface area contributed by atoms with Crippen LogP contribution in [0, 0.1) is 13.8 Å². The number of hydrogen-bond donors (Lipinski definition) is 2. The number of aryl methyl sites for hydroxylation is 2. The fourth-order valence-electron chi connectivity index (χ4n) is 1.78. The highest BCUT2D eigenvalue weighted by Gasteiger charge is 2.12. The van der Waals surface area contributed by atoms with E-state index in [-0.39, 0.29) is 6.04 Å². The summed E-state index contributed by atoms with van der Waals surface area (Å²) in [7, 11) is 0. The molecular weight excluding hydrogens is 248 g/mol. The van der Waals surface area contributed by atoms with Crippen molar-refractivity contribution in [3.05, 3.63) is 27.2 Å². The average molecular weight is 268 g/mol. The van der Waals surface area contributed by atoms with E-state index in [0.29, 0.717) is 18.5 Å². The molecular formula is C13H20N2O2S. The van der Waals surface area contributed by atoms with Crippen molar-refractivity contribution in [2.24, 2.45) is 0 Å². The van der Waals surface area contributed by atoms with Crippen LogP contribution in [0.25, 0.3) is 0 Å². The van der Waals surface area contributed by atoms with E-state index in [4.69, 9.17) is 5.11 Å². The molecule has 0 aliphatic carbocycles. The Kier molecular flexibility index (Phi) is 5.50. The van der Waals surface area contributed by atoms with E-state index in [1.54, 1.807) is 17.4 Å². The van der Waals surface area contributed by atoms with Crippen LogP contribution in [0.2, 0.25) is 0 Å². The van der Waals surface area contributed by atoms with Gasteiger partial charge in [0.25, 0.3) is 0 Å². The maximum atomic E-state index is 10.8. The minimum atomic E-state index is -0.836. The van der Waals surface area contributed by atoms with Gasteiger partial charge >= 0.3 is 5.97 Å². The van der Waals surface area contributed by atoms with E-state index in [1.165, 1.54) is 4.88 Å². The predicted octanol–water partition coefficient (Wildman–Crippen LogP) is 2.83. The van der Waals surface area contributed by atoms with Gasteiger partial charge in [-0.2, -0.15) is 0 Å². The second-order valence-electron chi connectivity index (χ2n) is 4.20. The van der Waals surface area contributed by atoms with Gasteiger partial charge in [0.05, 0.1) is 10.7 Å². The van der Waals surface area contributed by atoms with Gasteiger partial charge in [0, 0.05) is 23.0 Å². The smallest absolute Gasteiger partial charge is 0.331 e. The molecule has 100 valence electrons. The molecule has 5 heteroatoms. The highest BCUT2D eigenvalue weighted by Crippen LogP contribution is 2.24. The molecule has 0 spiro atoms. The van der Waals surface area contributed by atoms with E-state index in [2.05, 4.69) is 17.2 Å². The monoisotopic (exact) mass is 268 g/mol. The van der Waals surface area contributed by atoms with Gasteiger partial charge in [-0.1, -0.05) is 13.0 Å². The van der Waals surface area contributed by atoms with Crippen LogP contribution in [0.15, 0.2) is 11.6 Å². The standard InChI is InChI=1S/C13H20N2O2S/c1-5-11(13(16)17)6-7-14-8(2)12-9(3)15-10(4)18-12/h6,8,14H,5,7H2,1-4H3,(H,16,17). The molecule has 1 unspecified atom stereocenters. The third kappa shape index (κ3) is 3.92. The molecule has 0 fully saturated rings. The summed E-state index contributed by atoms with van der Waals surface area (Å²) in [5.74, 6) is -0.836. The summed E-state index contributed by atoms with van der Waals surface area (Å²) in [6.45, 7) is 8.47. The Labute approximate surface area is 112 Å². The third-order valence-corrected chi connectivity index (χ3v) is 4.02. The zero-order chi connectivity index (χ0) is 13.7. The topological polar surface area (TPSA) is 62.2 Å². The summed E-state index contributed by atoms with van der Waals surface area (Å²) in [6, 6.07) is 0.194. The fraction of sp³-hybridized carbons (Fsp3) is 0.538. The van der Waals surface area contributed by atoms with Crippen molar-refractivity contribution in [3.8, 4) is 0 Å². The Morgan fingerprint density at radius 2 is 2.22 bits per heavy atom. The minimum absolute atomic E-state index is 0.194. The maximum absolute atomic E-state index is 10.8. The van der Waals surface area contributed by atoms with Crippen molar-refractivity contribution in [2.75, 3.05) is 6.54 Å². The molecule has 0 amide bonds. The average Bonchev–Trinajstić information content (AvgIpc) is 2.63. The van der Waals surface area contributed by atoms with Gasteiger partial charge < -0.3 is 10.4 Å². The number of aliphatic carboxylic acids is 1. The Morgan fingerprint density at radius 3 is 2.67 bits per heavy atom. The molecule has 4 nitrogen and oxygen atoms in total. The largest absolute Gasteiger partial charge is 0.478 e. The van der Waals surface area contributed by atoms with Crippen molar-refractivity contribution in [1.82, 2.24) is 10.3 Å². The van der Waals surface area contributed by atoms with Crippen molar-refractivity contribution >= 4 is 17.3 Å². The van der Waals surface area contributed by atoms with Gasteiger partial charge in [-0.15, -0.1) is 11.3 Å². The van der Waals surface area contributed by atoms with Crippen molar-refractivity contribution in [2.45, 2.75) is 40.2 Å². The lowest BCUT2D eigenvalue weighted by molar-refractivity contribution is -0.132. The first-order valence-corrected chi connectivity index (χ1v) is 6.87. The highest BCUT2D eigenvalue weighted by atomic mass is 32.1. The highest BCUT2D eigenvalue weighted by molar-refractivity contribution is 7.11. The molecule has 1 atom stereocenters. The van der Waals surface area contributed by atoms with Crippen LogP contribution in [0.3, 0.4) is 0 Å². The van der Waals surface area contributed by atoms with Gasteiger partial charge in [0.2, 0.25) is 0 Å². The van der Waals surface area contributed by atoms with E-state index in [0.717, 1.165) is 10.7 Å². The lowest BCUT2D eigenvalue weighted by Crippen LogP contribution is -2.19. The second-order valence-corrected chi connectivity index (χ2v) is 5.44. The molecule has 18 heavy (non-hydrogen) atoms. The molecule has 1 rings (SSSR count). The zero-order valence-electron chi connectivity index (χ0n) is 11.3. The number of rotatable bonds is 6. The molecule has 2 N–H and O–H groups in total. The molecule has 0 bridgehead atoms. The lowest BCUT2D eigenvalue weighted by Gasteiger charge is -2.11. The number of nitrogens with zero attached hydrogens (tertiary/aromatic N) is 1. The Morgan fingerprint density at radius 1 is 1.56 bits per heavy atom. The molecule has 1 heterocycles. The third-order valence-electron chi connectivity index (χ3n) is 2.76. The normalized spacial score (nSPS) is 13.7. The van der Waals surface area contributed by atoms with Crippen LogP contribution in [0.1, 0.15) is 41.9 Å². The molecule has 0 saturated heterocycles. The Bertz CT molecular complexity index is 452. The van der Waals surface area contributed by atoms with Gasteiger partial charge in [-0.25, -0.2) is 9.78 Å². The van der Waals surface area contributed by atoms with Crippen molar-refractivity contribution in [3.63, 3.8) is 0 Å². The van der Waals surface area contributed by atoms with Crippen LogP contribution in [0.4, 0.5) is 0 Å². The van der Waals surface area contributed by atoms with Crippen LogP contribution in [-0.2, 0) is 4.79 Å². The first kappa shape index (κ1) is 14.9. The van der Waals surface area contributed by atoms with Gasteiger partial charge in [0.1, 0.15) is 0 Å². The predicted molar refractivity (Wildman–Crippen MR) is 74.0 cm³/mol. The number of carbonyl (C=O) groups is 1. The molecule has 0 aliphatic heterocycles. The summed E-state index contributed by atoms with van der Waals surface area (Å²) < 4.78 is 0. The molecule has 0 saturated carbocycles. The molecule has 1 aromatic rings. The van der Waals surface area contributed by atoms with E-state index in [1.807, 2.05) is 20.8 Å². The van der Waals surface area contributed by atoms with Gasteiger partial charge in [-0.3, -0.25) is 0 Å². The Balaban J connectivity index is 2.59. The van der Waals surface area contributed by atoms with Crippen molar-refractivity contribution < 1.29 is 9.90 Å². The van der Waals surface area contributed by atoms with Crippen LogP contribution < -0.4 is 5.32 Å². The van der Waals surface area contributed by atoms with Crippen LogP contribution >= 0.6 is 11.3 Å². The number of carboxylic acids is 1. The van der Waals surface area contributed by atoms with Crippen LogP contribution in [-0.4, -0.2) is 22.6 Å². The minimum Gasteiger partial charge on any atom is -0.478 e. The molecule has 0 aliphatic rings. The molecule has 0 aromatic carbocycles. The summed E-state index contributed by atoms with van der Waals surface area (Å²) >= 11 is 1.68.